The first-order valence-electron chi connectivity index (χ1n) is 5.79. The molecule has 2 nitrogen and oxygen atoms in total. The van der Waals surface area contributed by atoms with Crippen molar-refractivity contribution in [1.82, 2.24) is 0 Å². The van der Waals surface area contributed by atoms with Crippen LogP contribution in [0.5, 0.6) is 5.75 Å². The lowest BCUT2D eigenvalue weighted by Crippen LogP contribution is -2.10. The second-order valence-corrected chi connectivity index (χ2v) is 4.29. The van der Waals surface area contributed by atoms with Crippen molar-refractivity contribution in [2.24, 2.45) is 0 Å². The normalized spacial score (nSPS) is 12.5. The summed E-state index contributed by atoms with van der Waals surface area (Å²) in [6, 6.07) is 14.5. The molecule has 17 heavy (non-hydrogen) atoms. The monoisotopic (exact) mass is 224 g/mol. The summed E-state index contributed by atoms with van der Waals surface area (Å²) in [5, 5.41) is 8.89. The fourth-order valence-electron chi connectivity index (χ4n) is 2.48. The maximum absolute atomic E-state index is 8.89. The smallest absolute Gasteiger partial charge is 0.504 e. The van der Waals surface area contributed by atoms with Gasteiger partial charge in [-0.05, 0) is 29.2 Å². The van der Waals surface area contributed by atoms with Gasteiger partial charge < -0.3 is 9.68 Å². The Bertz CT molecular complexity index is 552. The number of benzene rings is 2. The van der Waals surface area contributed by atoms with Gasteiger partial charge in [0.1, 0.15) is 5.75 Å². The van der Waals surface area contributed by atoms with Gasteiger partial charge in [-0.15, -0.1) is 0 Å². The molecule has 0 fully saturated rings. The number of hydrogen-bond donors (Lipinski definition) is 1. The van der Waals surface area contributed by atoms with Crippen LogP contribution in [0.4, 0.5) is 0 Å². The predicted molar refractivity (Wildman–Crippen MR) is 68.5 cm³/mol. The standard InChI is InChI=1S/C14H13BO2/c16-15-17-14-7-3-6-12-8-10-4-1-2-5-11(10)9-13(12)14/h1-7,15-16H,8-9H2. The van der Waals surface area contributed by atoms with E-state index in [-0.39, 0.29) is 7.69 Å². The quantitative estimate of drug-likeness (QED) is 0.672. The van der Waals surface area contributed by atoms with Gasteiger partial charge in [-0.3, -0.25) is 0 Å². The zero-order valence-corrected chi connectivity index (χ0v) is 9.52. The van der Waals surface area contributed by atoms with Crippen LogP contribution >= 0.6 is 0 Å². The van der Waals surface area contributed by atoms with Crippen LogP contribution in [0.15, 0.2) is 42.5 Å². The lowest BCUT2D eigenvalue weighted by Gasteiger charge is -2.21. The second-order valence-electron chi connectivity index (χ2n) is 4.29. The summed E-state index contributed by atoms with van der Waals surface area (Å²) >= 11 is 0. The van der Waals surface area contributed by atoms with E-state index in [4.69, 9.17) is 9.68 Å². The molecule has 1 aliphatic rings. The average molecular weight is 224 g/mol. The molecule has 0 radical (unpaired) electrons. The summed E-state index contributed by atoms with van der Waals surface area (Å²) in [7, 11) is -0.266. The van der Waals surface area contributed by atoms with Crippen LogP contribution in [0.25, 0.3) is 0 Å². The third-order valence-electron chi connectivity index (χ3n) is 3.32. The topological polar surface area (TPSA) is 29.5 Å². The fraction of sp³-hybridized carbons (Fsp3) is 0.143. The Labute approximate surface area is 101 Å². The lowest BCUT2D eigenvalue weighted by molar-refractivity contribution is 0.450. The molecule has 1 aliphatic carbocycles. The molecule has 0 saturated carbocycles. The van der Waals surface area contributed by atoms with Gasteiger partial charge in [-0.25, -0.2) is 0 Å². The van der Waals surface area contributed by atoms with Crippen LogP contribution in [0.1, 0.15) is 22.3 Å². The van der Waals surface area contributed by atoms with Crippen molar-refractivity contribution in [1.29, 1.82) is 0 Å². The molecule has 0 bridgehead atoms. The molecule has 3 rings (SSSR count). The van der Waals surface area contributed by atoms with Gasteiger partial charge in [0, 0.05) is 12.0 Å². The SMILES string of the molecule is OBOc1cccc2c1Cc1ccccc1C2. The van der Waals surface area contributed by atoms with Crippen LogP contribution in [-0.2, 0) is 12.8 Å². The van der Waals surface area contributed by atoms with E-state index in [0.29, 0.717) is 0 Å². The summed E-state index contributed by atoms with van der Waals surface area (Å²) in [6.07, 6.45) is 1.84. The van der Waals surface area contributed by atoms with Crippen molar-refractivity contribution >= 4 is 7.69 Å². The number of fused-ring (bicyclic) bond motifs is 2. The third-order valence-corrected chi connectivity index (χ3v) is 3.32. The zero-order chi connectivity index (χ0) is 11.7. The van der Waals surface area contributed by atoms with Gasteiger partial charge in [0.2, 0.25) is 0 Å². The predicted octanol–water partition coefficient (Wildman–Crippen LogP) is 1.82. The second kappa shape index (κ2) is 4.26. The highest BCUT2D eigenvalue weighted by atomic mass is 16.5. The first-order valence-corrected chi connectivity index (χ1v) is 5.79. The highest BCUT2D eigenvalue weighted by Crippen LogP contribution is 2.32. The van der Waals surface area contributed by atoms with Gasteiger partial charge in [0.25, 0.3) is 0 Å². The van der Waals surface area contributed by atoms with Crippen molar-refractivity contribution in [2.45, 2.75) is 12.8 Å². The van der Waals surface area contributed by atoms with E-state index in [1.807, 2.05) is 12.1 Å². The highest BCUT2D eigenvalue weighted by Gasteiger charge is 2.17. The zero-order valence-electron chi connectivity index (χ0n) is 9.52. The Morgan fingerprint density at radius 1 is 0.882 bits per heavy atom. The molecular weight excluding hydrogens is 211 g/mol. The average Bonchev–Trinajstić information content (AvgIpc) is 2.37. The maximum atomic E-state index is 8.89. The lowest BCUT2D eigenvalue weighted by atomic mass is 9.85. The number of rotatable bonds is 2. The molecule has 3 heteroatoms. The molecule has 0 aliphatic heterocycles. The molecule has 84 valence electrons. The van der Waals surface area contributed by atoms with Crippen molar-refractivity contribution in [3.05, 3.63) is 64.7 Å². The van der Waals surface area contributed by atoms with Gasteiger partial charge >= 0.3 is 7.69 Å². The van der Waals surface area contributed by atoms with E-state index < -0.39 is 0 Å². The molecule has 0 aromatic heterocycles. The summed E-state index contributed by atoms with van der Waals surface area (Å²) < 4.78 is 5.27. The Hall–Kier alpha value is -1.74. The van der Waals surface area contributed by atoms with E-state index in [1.165, 1.54) is 22.3 Å². The van der Waals surface area contributed by atoms with Crippen molar-refractivity contribution in [3.63, 3.8) is 0 Å². The summed E-state index contributed by atoms with van der Waals surface area (Å²) in [5.74, 6) is 0.805. The number of hydrogen-bond acceptors (Lipinski definition) is 2. The van der Waals surface area contributed by atoms with Crippen LogP contribution in [-0.4, -0.2) is 12.7 Å². The maximum Gasteiger partial charge on any atom is 0.504 e. The Morgan fingerprint density at radius 3 is 2.35 bits per heavy atom. The molecule has 0 unspecified atom stereocenters. The molecule has 0 amide bonds. The van der Waals surface area contributed by atoms with Crippen molar-refractivity contribution in [3.8, 4) is 5.75 Å². The van der Waals surface area contributed by atoms with Crippen molar-refractivity contribution < 1.29 is 9.68 Å². The van der Waals surface area contributed by atoms with Crippen molar-refractivity contribution in [2.75, 3.05) is 0 Å². The molecular formula is C14H13BO2. The van der Waals surface area contributed by atoms with Gasteiger partial charge in [-0.1, -0.05) is 36.4 Å². The third kappa shape index (κ3) is 1.83. The highest BCUT2D eigenvalue weighted by molar-refractivity contribution is 6.17. The molecule has 2 aromatic rings. The van der Waals surface area contributed by atoms with Gasteiger partial charge in [0.05, 0.1) is 0 Å². The van der Waals surface area contributed by atoms with E-state index >= 15 is 0 Å². The first kappa shape index (κ1) is 10.4. The molecule has 0 heterocycles. The van der Waals surface area contributed by atoms with E-state index in [1.54, 1.807) is 0 Å². The molecule has 0 saturated heterocycles. The minimum absolute atomic E-state index is 0.266. The van der Waals surface area contributed by atoms with E-state index in [9.17, 15) is 0 Å². The molecule has 0 atom stereocenters. The summed E-state index contributed by atoms with van der Waals surface area (Å²) in [6.45, 7) is 0. The summed E-state index contributed by atoms with van der Waals surface area (Å²) in [5.41, 5.74) is 5.25. The van der Waals surface area contributed by atoms with Crippen LogP contribution in [0.3, 0.4) is 0 Å². The minimum atomic E-state index is -0.266. The fourth-order valence-corrected chi connectivity index (χ4v) is 2.48. The Morgan fingerprint density at radius 2 is 1.59 bits per heavy atom. The van der Waals surface area contributed by atoms with Crippen LogP contribution in [0, 0.1) is 0 Å². The van der Waals surface area contributed by atoms with Crippen LogP contribution in [0.2, 0.25) is 0 Å². The van der Waals surface area contributed by atoms with E-state index in [2.05, 4.69) is 30.3 Å². The van der Waals surface area contributed by atoms with Gasteiger partial charge in [0.15, 0.2) is 0 Å². The Kier molecular flexibility index (Phi) is 2.61. The van der Waals surface area contributed by atoms with Gasteiger partial charge in [-0.2, -0.15) is 0 Å². The van der Waals surface area contributed by atoms with E-state index in [0.717, 1.165) is 18.6 Å². The summed E-state index contributed by atoms with van der Waals surface area (Å²) in [4.78, 5) is 0. The first-order chi connectivity index (χ1) is 8.38. The van der Waals surface area contributed by atoms with Crippen LogP contribution < -0.4 is 4.65 Å². The molecule has 0 spiro atoms. The Balaban J connectivity index is 2.05. The molecule has 2 aromatic carbocycles. The minimum Gasteiger partial charge on any atom is -0.539 e. The molecule has 1 N–H and O–H groups in total. The largest absolute Gasteiger partial charge is 0.539 e.